The summed E-state index contributed by atoms with van der Waals surface area (Å²) in [5.41, 5.74) is 0. The largest absolute Gasteiger partial charge is 0.332 e. The SMILES string of the molecule is CN(CCCN(Cc1cccs1)Cc1cccs1)CC(=O)N(Cc1cccs1)Cc1cccs1.O=C(CBr)N(Cc1cccs1)Cc1cccs1. The lowest BCUT2D eigenvalue weighted by molar-refractivity contribution is -0.133. The van der Waals surface area contributed by atoms with Crippen molar-refractivity contribution in [2.75, 3.05) is 32.0 Å². The number of amides is 2. The quantitative estimate of drug-likeness (QED) is 0.0762. The zero-order chi connectivity index (χ0) is 35.7. The minimum Gasteiger partial charge on any atom is -0.332 e. The number of halogens is 1. The molecule has 0 fully saturated rings. The van der Waals surface area contributed by atoms with Crippen molar-refractivity contribution >= 4 is 95.8 Å². The first kappa shape index (κ1) is 39.7. The van der Waals surface area contributed by atoms with Crippen LogP contribution in [-0.4, -0.2) is 63.4 Å². The minimum absolute atomic E-state index is 0.131. The molecule has 270 valence electrons. The molecule has 6 aromatic rings. The molecule has 2 amide bonds. The Morgan fingerprint density at radius 1 is 0.510 bits per heavy atom. The van der Waals surface area contributed by atoms with E-state index in [1.165, 1.54) is 29.3 Å². The smallest absolute Gasteiger partial charge is 0.237 e. The van der Waals surface area contributed by atoms with Crippen LogP contribution in [0, 0.1) is 0 Å². The molecule has 0 aliphatic rings. The molecule has 0 aliphatic carbocycles. The third kappa shape index (κ3) is 14.1. The van der Waals surface area contributed by atoms with Gasteiger partial charge in [0, 0.05) is 48.9 Å². The van der Waals surface area contributed by atoms with Crippen LogP contribution in [0.3, 0.4) is 0 Å². The molecular weight excluding hydrogens is 817 g/mol. The zero-order valence-electron chi connectivity index (χ0n) is 28.6. The Hall–Kier alpha value is -2.46. The maximum atomic E-state index is 13.2. The van der Waals surface area contributed by atoms with Crippen LogP contribution in [0.15, 0.2) is 105 Å². The standard InChI is InChI=1S/C26H31N3OS4.C12H12BrNOS2/c1-27(11-6-12-28(17-22-7-2-13-31-22)18-23-8-3-14-32-23)21-26(30)29(19-24-9-4-15-33-24)20-25-10-5-16-34-25;13-7-12(15)14(8-10-3-1-5-16-10)9-11-4-2-6-17-11/h2-5,7-10,13-16H,6,11-12,17-21H2,1H3;1-6H,7-9H2. The maximum Gasteiger partial charge on any atom is 0.237 e. The predicted molar refractivity (Wildman–Crippen MR) is 224 cm³/mol. The fourth-order valence-corrected chi connectivity index (χ4v) is 10.1. The normalized spacial score (nSPS) is 11.1. The predicted octanol–water partition coefficient (Wildman–Crippen LogP) is 10.2. The van der Waals surface area contributed by atoms with Crippen molar-refractivity contribution in [2.45, 2.75) is 45.7 Å². The monoisotopic (exact) mass is 858 g/mol. The molecule has 6 aromatic heterocycles. The van der Waals surface area contributed by atoms with E-state index in [2.05, 4.69) is 115 Å². The van der Waals surface area contributed by atoms with Crippen LogP contribution in [0.1, 0.15) is 35.7 Å². The van der Waals surface area contributed by atoms with Gasteiger partial charge in [-0.25, -0.2) is 0 Å². The Bertz CT molecular complexity index is 1650. The summed E-state index contributed by atoms with van der Waals surface area (Å²) in [5, 5.41) is 12.9. The molecule has 6 nitrogen and oxygen atoms in total. The summed E-state index contributed by atoms with van der Waals surface area (Å²) in [7, 11) is 2.06. The lowest BCUT2D eigenvalue weighted by atomic mass is 10.3. The molecule has 6 rings (SSSR count). The number of likely N-dealkylation sites (N-methyl/N-ethyl adjacent to an activating group) is 1. The highest BCUT2D eigenvalue weighted by atomic mass is 79.9. The van der Waals surface area contributed by atoms with Gasteiger partial charge in [0.15, 0.2) is 0 Å². The van der Waals surface area contributed by atoms with Gasteiger partial charge in [-0.1, -0.05) is 52.3 Å². The number of alkyl halides is 1. The van der Waals surface area contributed by atoms with Gasteiger partial charge >= 0.3 is 0 Å². The van der Waals surface area contributed by atoms with Gasteiger partial charge in [-0.15, -0.1) is 68.0 Å². The highest BCUT2D eigenvalue weighted by molar-refractivity contribution is 9.09. The topological polar surface area (TPSA) is 47.1 Å². The Labute approximate surface area is 334 Å². The Kier molecular flexibility index (Phi) is 17.1. The Balaban J connectivity index is 0.000000248. The van der Waals surface area contributed by atoms with Crippen molar-refractivity contribution in [1.82, 2.24) is 19.6 Å². The van der Waals surface area contributed by atoms with Crippen molar-refractivity contribution < 1.29 is 9.59 Å². The van der Waals surface area contributed by atoms with Crippen LogP contribution in [-0.2, 0) is 48.9 Å². The summed E-state index contributed by atoms with van der Waals surface area (Å²) in [5.74, 6) is 0.324. The fourth-order valence-electron chi connectivity index (χ4n) is 5.35. The van der Waals surface area contributed by atoms with Crippen LogP contribution in [0.2, 0.25) is 0 Å². The number of nitrogens with zero attached hydrogens (tertiary/aromatic N) is 4. The molecule has 51 heavy (non-hydrogen) atoms. The molecular formula is C38H43BrN4O2S6. The molecule has 0 aliphatic heterocycles. The van der Waals surface area contributed by atoms with Crippen molar-refractivity contribution in [3.8, 4) is 0 Å². The number of thiophene rings is 6. The first-order valence-corrected chi connectivity index (χ1v) is 23.0. The number of rotatable bonds is 19. The van der Waals surface area contributed by atoms with E-state index in [0.717, 1.165) is 32.6 Å². The molecule has 13 heteroatoms. The lowest BCUT2D eigenvalue weighted by Crippen LogP contribution is -2.39. The van der Waals surface area contributed by atoms with Crippen LogP contribution in [0.25, 0.3) is 0 Å². The van der Waals surface area contributed by atoms with Crippen molar-refractivity contribution in [3.63, 3.8) is 0 Å². The highest BCUT2D eigenvalue weighted by Gasteiger charge is 2.18. The number of hydrogen-bond acceptors (Lipinski definition) is 10. The molecule has 0 aromatic carbocycles. The van der Waals surface area contributed by atoms with E-state index in [-0.39, 0.29) is 11.8 Å². The van der Waals surface area contributed by atoms with Gasteiger partial charge in [-0.3, -0.25) is 19.4 Å². The average Bonchev–Trinajstić information content (AvgIpc) is 3.97. The van der Waals surface area contributed by atoms with Crippen LogP contribution < -0.4 is 0 Å². The first-order valence-electron chi connectivity index (χ1n) is 16.6. The van der Waals surface area contributed by atoms with Gasteiger partial charge in [0.1, 0.15) is 0 Å². The molecule has 0 saturated heterocycles. The third-order valence-electron chi connectivity index (χ3n) is 7.87. The maximum absolute atomic E-state index is 13.2. The third-order valence-corrected chi connectivity index (χ3v) is 13.5. The van der Waals surface area contributed by atoms with Crippen molar-refractivity contribution in [1.29, 1.82) is 0 Å². The second-order valence-corrected chi connectivity index (χ2v) is 18.7. The van der Waals surface area contributed by atoms with Crippen LogP contribution in [0.4, 0.5) is 0 Å². The Morgan fingerprint density at radius 3 is 1.16 bits per heavy atom. The molecule has 0 radical (unpaired) electrons. The lowest BCUT2D eigenvalue weighted by Gasteiger charge is -2.26. The zero-order valence-corrected chi connectivity index (χ0v) is 35.1. The molecule has 0 saturated carbocycles. The summed E-state index contributed by atoms with van der Waals surface area (Å²) < 4.78 is 0. The minimum atomic E-state index is 0.131. The number of carbonyl (C=O) groups excluding carboxylic acids is 2. The van der Waals surface area contributed by atoms with E-state index < -0.39 is 0 Å². The van der Waals surface area contributed by atoms with Crippen molar-refractivity contribution in [2.24, 2.45) is 0 Å². The molecule has 0 bridgehead atoms. The molecule has 0 N–H and O–H groups in total. The molecule has 0 atom stereocenters. The van der Waals surface area contributed by atoms with Gasteiger partial charge < -0.3 is 9.80 Å². The van der Waals surface area contributed by atoms with Gasteiger partial charge in [-0.2, -0.15) is 0 Å². The van der Waals surface area contributed by atoms with Crippen LogP contribution in [0.5, 0.6) is 0 Å². The van der Waals surface area contributed by atoms with E-state index in [1.54, 1.807) is 45.3 Å². The van der Waals surface area contributed by atoms with Crippen LogP contribution >= 0.6 is 84.0 Å². The van der Waals surface area contributed by atoms with Gasteiger partial charge in [0.2, 0.25) is 11.8 Å². The highest BCUT2D eigenvalue weighted by Crippen LogP contribution is 2.20. The summed E-state index contributed by atoms with van der Waals surface area (Å²) in [4.78, 5) is 41.3. The van der Waals surface area contributed by atoms with Gasteiger partial charge in [0.25, 0.3) is 0 Å². The summed E-state index contributed by atoms with van der Waals surface area (Å²) in [6.07, 6.45) is 1.04. The van der Waals surface area contributed by atoms with E-state index in [4.69, 9.17) is 0 Å². The fraction of sp³-hybridized carbons (Fsp3) is 0.316. The molecule has 0 unspecified atom stereocenters. The van der Waals surface area contributed by atoms with E-state index >= 15 is 0 Å². The second kappa shape index (κ2) is 21.9. The first-order chi connectivity index (χ1) is 24.9. The van der Waals surface area contributed by atoms with E-state index in [0.29, 0.717) is 38.1 Å². The van der Waals surface area contributed by atoms with Gasteiger partial charge in [-0.05, 0) is 88.7 Å². The van der Waals surface area contributed by atoms with E-state index in [1.807, 2.05) is 55.4 Å². The molecule has 6 heterocycles. The number of hydrogen-bond donors (Lipinski definition) is 0. The van der Waals surface area contributed by atoms with Crippen molar-refractivity contribution in [3.05, 3.63) is 134 Å². The summed E-state index contributed by atoms with van der Waals surface area (Å²) >= 11 is 13.7. The Morgan fingerprint density at radius 2 is 0.843 bits per heavy atom. The van der Waals surface area contributed by atoms with E-state index in [9.17, 15) is 9.59 Å². The second-order valence-electron chi connectivity index (χ2n) is 11.9. The number of carbonyl (C=O) groups is 2. The summed E-state index contributed by atoms with van der Waals surface area (Å²) in [6, 6.07) is 25.2. The average molecular weight is 860 g/mol. The summed E-state index contributed by atoms with van der Waals surface area (Å²) in [6.45, 7) is 7.08. The molecule has 0 spiro atoms. The van der Waals surface area contributed by atoms with Gasteiger partial charge in [0.05, 0.1) is 38.1 Å².